The number of rotatable bonds is 1. The molecule has 0 atom stereocenters. The van der Waals surface area contributed by atoms with E-state index in [2.05, 4.69) is 10.3 Å². The van der Waals surface area contributed by atoms with E-state index in [1.807, 2.05) is 0 Å². The number of nitrogens with zero attached hydrogens (tertiary/aromatic N) is 1. The van der Waals surface area contributed by atoms with Gasteiger partial charge in [-0.2, -0.15) is 0 Å². The van der Waals surface area contributed by atoms with Crippen LogP contribution < -0.4 is 5.32 Å². The Hall–Kier alpha value is -1.75. The van der Waals surface area contributed by atoms with Crippen molar-refractivity contribution in [2.45, 2.75) is 13.0 Å². The average molecular weight is 250 g/mol. The van der Waals surface area contributed by atoms with Gasteiger partial charge in [0.25, 0.3) is 0 Å². The van der Waals surface area contributed by atoms with Crippen molar-refractivity contribution in [3.05, 3.63) is 35.0 Å². The topological polar surface area (TPSA) is 34.2 Å². The molecule has 1 aromatic carbocycles. The van der Waals surface area contributed by atoms with E-state index in [1.54, 1.807) is 7.05 Å². The minimum atomic E-state index is -0.610. The standard InChI is InChI=1S/C13H12F2N2O/c1-16-13-8-6-18-3-2-10(8)17-11-5-7(14)4-9(15)12(11)13/h4-5H,2-3,6H2,1H3,(H,16,17). The third-order valence-electron chi connectivity index (χ3n) is 3.17. The van der Waals surface area contributed by atoms with Crippen LogP contribution in [-0.4, -0.2) is 18.6 Å². The van der Waals surface area contributed by atoms with E-state index in [0.29, 0.717) is 36.2 Å². The van der Waals surface area contributed by atoms with Crippen LogP contribution >= 0.6 is 0 Å². The molecule has 1 N–H and O–H groups in total. The fourth-order valence-electron chi connectivity index (χ4n) is 2.38. The van der Waals surface area contributed by atoms with Gasteiger partial charge >= 0.3 is 0 Å². The van der Waals surface area contributed by atoms with E-state index in [0.717, 1.165) is 17.3 Å². The molecule has 0 fully saturated rings. The second-order valence-corrected chi connectivity index (χ2v) is 4.25. The van der Waals surface area contributed by atoms with E-state index in [4.69, 9.17) is 4.74 Å². The van der Waals surface area contributed by atoms with Crippen molar-refractivity contribution in [3.8, 4) is 0 Å². The number of aromatic nitrogens is 1. The Morgan fingerprint density at radius 3 is 2.94 bits per heavy atom. The zero-order valence-electron chi connectivity index (χ0n) is 9.89. The van der Waals surface area contributed by atoms with E-state index < -0.39 is 11.6 Å². The number of pyridine rings is 1. The van der Waals surface area contributed by atoms with Crippen molar-refractivity contribution >= 4 is 16.6 Å². The molecule has 0 saturated heterocycles. The summed E-state index contributed by atoms with van der Waals surface area (Å²) in [5, 5.41) is 3.30. The van der Waals surface area contributed by atoms with Gasteiger partial charge in [-0.3, -0.25) is 4.98 Å². The fourth-order valence-corrected chi connectivity index (χ4v) is 2.38. The highest BCUT2D eigenvalue weighted by Gasteiger charge is 2.20. The molecular weight excluding hydrogens is 238 g/mol. The Kier molecular flexibility index (Phi) is 2.63. The summed E-state index contributed by atoms with van der Waals surface area (Å²) in [4.78, 5) is 4.35. The molecule has 0 saturated carbocycles. The molecule has 2 aromatic rings. The largest absolute Gasteiger partial charge is 0.387 e. The zero-order chi connectivity index (χ0) is 12.7. The number of hydrogen-bond donors (Lipinski definition) is 1. The van der Waals surface area contributed by atoms with E-state index in [9.17, 15) is 8.78 Å². The van der Waals surface area contributed by atoms with Crippen molar-refractivity contribution in [2.24, 2.45) is 0 Å². The van der Waals surface area contributed by atoms with Gasteiger partial charge in [0.1, 0.15) is 11.6 Å². The van der Waals surface area contributed by atoms with Crippen LogP contribution in [0.1, 0.15) is 11.3 Å². The quantitative estimate of drug-likeness (QED) is 0.844. The monoisotopic (exact) mass is 250 g/mol. The number of hydrogen-bond acceptors (Lipinski definition) is 3. The number of halogens is 2. The number of anilines is 1. The molecule has 1 aliphatic rings. The molecule has 3 nitrogen and oxygen atoms in total. The summed E-state index contributed by atoms with van der Waals surface area (Å²) in [6.45, 7) is 0.998. The predicted molar refractivity (Wildman–Crippen MR) is 64.6 cm³/mol. The normalized spacial score (nSPS) is 14.6. The lowest BCUT2D eigenvalue weighted by atomic mass is 10.0. The third kappa shape index (κ3) is 1.62. The van der Waals surface area contributed by atoms with E-state index in [-0.39, 0.29) is 0 Å². The van der Waals surface area contributed by atoms with Gasteiger partial charge in [-0.05, 0) is 0 Å². The van der Waals surface area contributed by atoms with E-state index >= 15 is 0 Å². The van der Waals surface area contributed by atoms with Gasteiger partial charge in [-0.1, -0.05) is 0 Å². The van der Waals surface area contributed by atoms with Crippen molar-refractivity contribution in [2.75, 3.05) is 19.0 Å². The summed E-state index contributed by atoms with van der Waals surface area (Å²) in [5.74, 6) is -1.21. The number of benzene rings is 1. The predicted octanol–water partition coefficient (Wildman–Crippen LogP) is 2.63. The summed E-state index contributed by atoms with van der Waals surface area (Å²) >= 11 is 0. The Morgan fingerprint density at radius 1 is 1.33 bits per heavy atom. The fraction of sp³-hybridized carbons (Fsp3) is 0.308. The summed E-state index contributed by atoms with van der Waals surface area (Å²) in [7, 11) is 1.71. The average Bonchev–Trinajstić information content (AvgIpc) is 2.35. The van der Waals surface area contributed by atoms with Gasteiger partial charge in [0.2, 0.25) is 0 Å². The summed E-state index contributed by atoms with van der Waals surface area (Å²) in [5.41, 5.74) is 2.70. The summed E-state index contributed by atoms with van der Waals surface area (Å²) < 4.78 is 32.5. The van der Waals surface area contributed by atoms with Gasteiger partial charge < -0.3 is 10.1 Å². The molecular formula is C13H12F2N2O. The smallest absolute Gasteiger partial charge is 0.137 e. The van der Waals surface area contributed by atoms with Crippen LogP contribution in [0, 0.1) is 11.6 Å². The highest BCUT2D eigenvalue weighted by Crippen LogP contribution is 2.33. The summed E-state index contributed by atoms with van der Waals surface area (Å²) in [6, 6.07) is 2.13. The van der Waals surface area contributed by atoms with Crippen molar-refractivity contribution in [1.29, 1.82) is 0 Å². The Morgan fingerprint density at radius 2 is 2.17 bits per heavy atom. The van der Waals surface area contributed by atoms with Crippen LogP contribution in [0.4, 0.5) is 14.5 Å². The molecule has 3 rings (SSSR count). The van der Waals surface area contributed by atoms with Crippen LogP contribution in [0.5, 0.6) is 0 Å². The maximum atomic E-state index is 13.9. The van der Waals surface area contributed by atoms with E-state index in [1.165, 1.54) is 6.07 Å². The molecule has 0 aliphatic carbocycles. The van der Waals surface area contributed by atoms with Gasteiger partial charge in [0.15, 0.2) is 0 Å². The molecule has 18 heavy (non-hydrogen) atoms. The van der Waals surface area contributed by atoms with Crippen LogP contribution in [0.25, 0.3) is 10.9 Å². The van der Waals surface area contributed by atoms with Crippen molar-refractivity contribution in [3.63, 3.8) is 0 Å². The SMILES string of the molecule is CNc1c2c(nc3cc(F)cc(F)c13)CCOC2. The first kappa shape index (κ1) is 11.3. The zero-order valence-corrected chi connectivity index (χ0v) is 9.89. The highest BCUT2D eigenvalue weighted by molar-refractivity contribution is 5.94. The Labute approximate surface area is 103 Å². The number of fused-ring (bicyclic) bond motifs is 2. The van der Waals surface area contributed by atoms with Crippen molar-refractivity contribution < 1.29 is 13.5 Å². The first-order chi connectivity index (χ1) is 8.70. The van der Waals surface area contributed by atoms with Crippen molar-refractivity contribution in [1.82, 2.24) is 4.98 Å². The first-order valence-electron chi connectivity index (χ1n) is 5.76. The second-order valence-electron chi connectivity index (χ2n) is 4.25. The highest BCUT2D eigenvalue weighted by atomic mass is 19.1. The van der Waals surface area contributed by atoms with Gasteiger partial charge in [-0.15, -0.1) is 0 Å². The lowest BCUT2D eigenvalue weighted by Gasteiger charge is -2.21. The van der Waals surface area contributed by atoms with Crippen LogP contribution in [0.15, 0.2) is 12.1 Å². The maximum Gasteiger partial charge on any atom is 0.137 e. The molecule has 0 spiro atoms. The molecule has 0 radical (unpaired) electrons. The van der Waals surface area contributed by atoms with Gasteiger partial charge in [0, 0.05) is 31.2 Å². The van der Waals surface area contributed by atoms with Crippen LogP contribution in [0.2, 0.25) is 0 Å². The van der Waals surface area contributed by atoms with Crippen LogP contribution in [-0.2, 0) is 17.8 Å². The third-order valence-corrected chi connectivity index (χ3v) is 3.17. The molecule has 1 aliphatic heterocycles. The number of ether oxygens (including phenoxy) is 1. The Bertz CT molecular complexity index is 628. The molecule has 1 aromatic heterocycles. The number of nitrogens with one attached hydrogen (secondary N) is 1. The summed E-state index contributed by atoms with van der Waals surface area (Å²) in [6.07, 6.45) is 0.665. The molecule has 0 bridgehead atoms. The Balaban J connectivity index is 2.40. The van der Waals surface area contributed by atoms with Gasteiger partial charge in [-0.25, -0.2) is 8.78 Å². The lowest BCUT2D eigenvalue weighted by Crippen LogP contribution is -2.15. The lowest BCUT2D eigenvalue weighted by molar-refractivity contribution is 0.110. The minimum absolute atomic E-state index is 0.322. The van der Waals surface area contributed by atoms with Gasteiger partial charge in [0.05, 0.1) is 35.5 Å². The molecule has 0 amide bonds. The first-order valence-corrected chi connectivity index (χ1v) is 5.76. The molecule has 94 valence electrons. The second kappa shape index (κ2) is 4.17. The molecule has 0 unspecified atom stereocenters. The molecule has 2 heterocycles. The molecule has 5 heteroatoms. The minimum Gasteiger partial charge on any atom is -0.387 e. The maximum absolute atomic E-state index is 13.9. The van der Waals surface area contributed by atoms with Crippen LogP contribution in [0.3, 0.4) is 0 Å².